The number of rotatable bonds is 2. The van der Waals surface area contributed by atoms with Gasteiger partial charge in [0, 0.05) is 13.1 Å². The largest absolute Gasteiger partial charge is 0.481 e. The zero-order chi connectivity index (χ0) is 11.5. The molecule has 16 heavy (non-hydrogen) atoms. The summed E-state index contributed by atoms with van der Waals surface area (Å²) in [7, 11) is 0. The molecule has 0 saturated carbocycles. The molecule has 7 heteroatoms. The van der Waals surface area contributed by atoms with Gasteiger partial charge in [0.1, 0.15) is 4.88 Å². The quantitative estimate of drug-likeness (QED) is 0.814. The van der Waals surface area contributed by atoms with Crippen molar-refractivity contribution in [1.29, 1.82) is 0 Å². The van der Waals surface area contributed by atoms with Crippen molar-refractivity contribution in [3.05, 3.63) is 11.1 Å². The monoisotopic (exact) mass is 241 g/mol. The van der Waals surface area contributed by atoms with E-state index in [9.17, 15) is 9.59 Å². The lowest BCUT2D eigenvalue weighted by Crippen LogP contribution is -2.42. The second-order valence-corrected chi connectivity index (χ2v) is 4.50. The van der Waals surface area contributed by atoms with Gasteiger partial charge in [-0.1, -0.05) is 4.49 Å². The number of carbonyl (C=O) groups is 2. The van der Waals surface area contributed by atoms with Crippen LogP contribution >= 0.6 is 11.5 Å². The summed E-state index contributed by atoms with van der Waals surface area (Å²) in [6, 6.07) is 0. The number of carboxylic acid groups (broad SMARTS) is 1. The number of hydrogen-bond donors (Lipinski definition) is 1. The van der Waals surface area contributed by atoms with Gasteiger partial charge in [-0.15, -0.1) is 5.10 Å². The van der Waals surface area contributed by atoms with Crippen molar-refractivity contribution in [3.8, 4) is 0 Å². The minimum atomic E-state index is -0.833. The van der Waals surface area contributed by atoms with Crippen LogP contribution in [-0.2, 0) is 4.79 Å². The second-order valence-electron chi connectivity index (χ2n) is 3.71. The first-order valence-electron chi connectivity index (χ1n) is 4.98. The highest BCUT2D eigenvalue weighted by Crippen LogP contribution is 2.19. The Labute approximate surface area is 96.0 Å². The third-order valence-corrected chi connectivity index (χ3v) is 3.28. The molecule has 2 rings (SSSR count). The molecule has 86 valence electrons. The predicted molar refractivity (Wildman–Crippen MR) is 56.2 cm³/mol. The molecular formula is C9H11N3O3S. The number of carbonyl (C=O) groups excluding carboxylic acids is 1. The Balaban J connectivity index is 2.05. The van der Waals surface area contributed by atoms with E-state index in [1.807, 2.05) is 0 Å². The molecule has 0 aromatic carbocycles. The summed E-state index contributed by atoms with van der Waals surface area (Å²) in [6.45, 7) is 0.895. The molecular weight excluding hydrogens is 230 g/mol. The van der Waals surface area contributed by atoms with Crippen LogP contribution in [0.15, 0.2) is 6.20 Å². The first-order chi connectivity index (χ1) is 7.68. The smallest absolute Gasteiger partial charge is 0.308 e. The molecule has 1 atom stereocenters. The Morgan fingerprint density at radius 1 is 1.56 bits per heavy atom. The normalized spacial score (nSPS) is 20.8. The first kappa shape index (κ1) is 11.0. The standard InChI is InChI=1S/C9H11N3O3S/c13-8(7-4-10-11-16-7)12-3-1-2-6(5-12)9(14)15/h4,6H,1-3,5H2,(H,14,15). The molecule has 1 aromatic heterocycles. The van der Waals surface area contributed by atoms with E-state index >= 15 is 0 Å². The van der Waals surface area contributed by atoms with Gasteiger partial charge in [-0.2, -0.15) is 0 Å². The summed E-state index contributed by atoms with van der Waals surface area (Å²) in [5, 5.41) is 12.5. The molecule has 1 aliphatic heterocycles. The first-order valence-corrected chi connectivity index (χ1v) is 5.75. The van der Waals surface area contributed by atoms with Crippen LogP contribution < -0.4 is 0 Å². The summed E-state index contributed by atoms with van der Waals surface area (Å²) < 4.78 is 3.62. The second kappa shape index (κ2) is 4.56. The van der Waals surface area contributed by atoms with Crippen LogP contribution in [0.25, 0.3) is 0 Å². The van der Waals surface area contributed by atoms with Gasteiger partial charge in [-0.3, -0.25) is 9.59 Å². The van der Waals surface area contributed by atoms with E-state index < -0.39 is 11.9 Å². The van der Waals surface area contributed by atoms with E-state index in [0.29, 0.717) is 17.8 Å². The Morgan fingerprint density at radius 2 is 2.38 bits per heavy atom. The van der Waals surface area contributed by atoms with E-state index in [2.05, 4.69) is 9.59 Å². The van der Waals surface area contributed by atoms with Gasteiger partial charge in [0.05, 0.1) is 12.1 Å². The lowest BCUT2D eigenvalue weighted by atomic mass is 9.98. The average Bonchev–Trinajstić information content (AvgIpc) is 2.81. The van der Waals surface area contributed by atoms with Crippen LogP contribution in [0.1, 0.15) is 22.5 Å². The SMILES string of the molecule is O=C(O)C1CCCN(C(=O)c2cnns2)C1. The highest BCUT2D eigenvalue weighted by Gasteiger charge is 2.29. The maximum absolute atomic E-state index is 11.9. The maximum Gasteiger partial charge on any atom is 0.308 e. The summed E-state index contributed by atoms with van der Waals surface area (Å²) in [5.74, 6) is -1.44. The molecule has 1 fully saturated rings. The fraction of sp³-hybridized carbons (Fsp3) is 0.556. The van der Waals surface area contributed by atoms with Crippen LogP contribution in [0.2, 0.25) is 0 Å². The number of carboxylic acids is 1. The van der Waals surface area contributed by atoms with Crippen molar-refractivity contribution in [2.75, 3.05) is 13.1 Å². The van der Waals surface area contributed by atoms with Crippen molar-refractivity contribution in [3.63, 3.8) is 0 Å². The van der Waals surface area contributed by atoms with Gasteiger partial charge in [-0.05, 0) is 24.4 Å². The third-order valence-electron chi connectivity index (χ3n) is 2.63. The minimum absolute atomic E-state index is 0.166. The van der Waals surface area contributed by atoms with Crippen molar-refractivity contribution in [1.82, 2.24) is 14.5 Å². The van der Waals surface area contributed by atoms with Crippen molar-refractivity contribution in [2.24, 2.45) is 5.92 Å². The molecule has 2 heterocycles. The fourth-order valence-electron chi connectivity index (χ4n) is 1.78. The zero-order valence-electron chi connectivity index (χ0n) is 8.50. The fourth-order valence-corrected chi connectivity index (χ4v) is 2.26. The van der Waals surface area contributed by atoms with Gasteiger partial charge < -0.3 is 10.0 Å². The van der Waals surface area contributed by atoms with E-state index in [1.54, 1.807) is 4.90 Å². The molecule has 1 aromatic rings. The van der Waals surface area contributed by atoms with Crippen molar-refractivity contribution < 1.29 is 14.7 Å². The van der Waals surface area contributed by atoms with Gasteiger partial charge in [0.2, 0.25) is 0 Å². The topological polar surface area (TPSA) is 83.4 Å². The Kier molecular flexibility index (Phi) is 3.14. The molecule has 0 aliphatic carbocycles. The molecule has 1 saturated heterocycles. The van der Waals surface area contributed by atoms with Crippen LogP contribution in [0, 0.1) is 5.92 Å². The molecule has 0 spiro atoms. The van der Waals surface area contributed by atoms with Gasteiger partial charge >= 0.3 is 5.97 Å². The summed E-state index contributed by atoms with van der Waals surface area (Å²) in [4.78, 5) is 24.8. The van der Waals surface area contributed by atoms with Gasteiger partial charge in [-0.25, -0.2) is 0 Å². The molecule has 1 amide bonds. The van der Waals surface area contributed by atoms with E-state index in [0.717, 1.165) is 18.0 Å². The zero-order valence-corrected chi connectivity index (χ0v) is 9.31. The summed E-state index contributed by atoms with van der Waals surface area (Å²) >= 11 is 1.03. The Bertz CT molecular complexity index is 393. The van der Waals surface area contributed by atoms with E-state index in [1.165, 1.54) is 6.20 Å². The summed E-state index contributed by atoms with van der Waals surface area (Å²) in [5.41, 5.74) is 0. The average molecular weight is 241 g/mol. The van der Waals surface area contributed by atoms with Crippen LogP contribution in [-0.4, -0.2) is 44.6 Å². The number of amides is 1. The van der Waals surface area contributed by atoms with Crippen LogP contribution in [0.3, 0.4) is 0 Å². The highest BCUT2D eigenvalue weighted by atomic mass is 32.1. The maximum atomic E-state index is 11.9. The number of likely N-dealkylation sites (tertiary alicyclic amines) is 1. The predicted octanol–water partition coefficient (Wildman–Crippen LogP) is 0.475. The van der Waals surface area contributed by atoms with E-state index in [4.69, 9.17) is 5.11 Å². The number of hydrogen-bond acceptors (Lipinski definition) is 5. The number of nitrogens with zero attached hydrogens (tertiary/aromatic N) is 3. The number of piperidine rings is 1. The van der Waals surface area contributed by atoms with E-state index in [-0.39, 0.29) is 12.5 Å². The molecule has 0 bridgehead atoms. The highest BCUT2D eigenvalue weighted by molar-refractivity contribution is 7.07. The molecule has 1 unspecified atom stereocenters. The molecule has 0 radical (unpaired) electrons. The number of aromatic nitrogens is 2. The summed E-state index contributed by atoms with van der Waals surface area (Å²) in [6.07, 6.45) is 2.78. The van der Waals surface area contributed by atoms with Gasteiger partial charge in [0.25, 0.3) is 5.91 Å². The lowest BCUT2D eigenvalue weighted by Gasteiger charge is -2.30. The molecule has 6 nitrogen and oxygen atoms in total. The van der Waals surface area contributed by atoms with Gasteiger partial charge in [0.15, 0.2) is 0 Å². The van der Waals surface area contributed by atoms with Crippen LogP contribution in [0.5, 0.6) is 0 Å². The number of aliphatic carboxylic acids is 1. The lowest BCUT2D eigenvalue weighted by molar-refractivity contribution is -0.143. The minimum Gasteiger partial charge on any atom is -0.481 e. The van der Waals surface area contributed by atoms with Crippen molar-refractivity contribution in [2.45, 2.75) is 12.8 Å². The van der Waals surface area contributed by atoms with Crippen molar-refractivity contribution >= 4 is 23.4 Å². The Hall–Kier alpha value is -1.50. The molecule has 1 aliphatic rings. The van der Waals surface area contributed by atoms with Crippen LogP contribution in [0.4, 0.5) is 0 Å². The third kappa shape index (κ3) is 2.19. The Morgan fingerprint density at radius 3 is 3.00 bits per heavy atom. The molecule has 1 N–H and O–H groups in total.